The van der Waals surface area contributed by atoms with E-state index in [2.05, 4.69) is 26.7 Å². The van der Waals surface area contributed by atoms with Gasteiger partial charge in [0, 0.05) is 76.4 Å². The van der Waals surface area contributed by atoms with Gasteiger partial charge in [-0.25, -0.2) is 9.97 Å². The molecule has 1 aliphatic carbocycles. The zero-order chi connectivity index (χ0) is 26.1. The molecule has 0 unspecified atom stereocenters. The first kappa shape index (κ1) is 25.9. The standard InChI is InChI=1S/C27H35ClN6O3/c1-18-15-23(36)25-24(18)26(30-17-29-25)33-11-13-34(14-12-33)27(37)22(20-3-5-21(28)6-4-20)16-31-7-9-32(10-8-31)19(2)35/h3-6,17-18,22-23,36H,7-16H2,1-2H3/t18-,22-,23-/m1/s1. The normalized spacial score (nSPS) is 23.2. The van der Waals surface area contributed by atoms with Crippen molar-refractivity contribution in [3.8, 4) is 0 Å². The number of halogens is 1. The number of piperazine rings is 2. The number of rotatable bonds is 5. The topological polar surface area (TPSA) is 93.1 Å². The third-order valence-corrected chi connectivity index (χ3v) is 8.25. The van der Waals surface area contributed by atoms with Gasteiger partial charge >= 0.3 is 0 Å². The molecule has 3 heterocycles. The number of anilines is 1. The van der Waals surface area contributed by atoms with Gasteiger partial charge in [-0.2, -0.15) is 0 Å². The second-order valence-electron chi connectivity index (χ2n) is 10.4. The van der Waals surface area contributed by atoms with Gasteiger partial charge in [0.25, 0.3) is 0 Å². The van der Waals surface area contributed by atoms with Crippen LogP contribution in [0.1, 0.15) is 55.0 Å². The Kier molecular flexibility index (Phi) is 7.65. The number of fused-ring (bicyclic) bond motifs is 1. The van der Waals surface area contributed by atoms with Crippen LogP contribution in [0, 0.1) is 0 Å². The van der Waals surface area contributed by atoms with Crippen molar-refractivity contribution in [1.29, 1.82) is 0 Å². The average Bonchev–Trinajstić information content (AvgIpc) is 3.21. The van der Waals surface area contributed by atoms with E-state index < -0.39 is 6.10 Å². The highest BCUT2D eigenvalue weighted by atomic mass is 35.5. The van der Waals surface area contributed by atoms with Crippen LogP contribution in [0.25, 0.3) is 0 Å². The van der Waals surface area contributed by atoms with Crippen molar-refractivity contribution in [2.45, 2.75) is 38.2 Å². The number of carbonyl (C=O) groups is 2. The molecule has 37 heavy (non-hydrogen) atoms. The number of aliphatic hydroxyl groups is 1. The fourth-order valence-electron chi connectivity index (χ4n) is 5.84. The Morgan fingerprint density at radius 1 is 1.00 bits per heavy atom. The van der Waals surface area contributed by atoms with Gasteiger partial charge in [-0.3, -0.25) is 14.5 Å². The highest BCUT2D eigenvalue weighted by Crippen LogP contribution is 2.42. The summed E-state index contributed by atoms with van der Waals surface area (Å²) >= 11 is 6.14. The summed E-state index contributed by atoms with van der Waals surface area (Å²) in [6, 6.07) is 7.58. The van der Waals surface area contributed by atoms with Crippen LogP contribution < -0.4 is 4.90 Å². The lowest BCUT2D eigenvalue weighted by molar-refractivity contribution is -0.135. The fraction of sp³-hybridized carbons (Fsp3) is 0.556. The van der Waals surface area contributed by atoms with Gasteiger partial charge in [-0.15, -0.1) is 0 Å². The zero-order valence-electron chi connectivity index (χ0n) is 21.5. The van der Waals surface area contributed by atoms with Crippen molar-refractivity contribution in [2.24, 2.45) is 0 Å². The Balaban J connectivity index is 1.28. The lowest BCUT2D eigenvalue weighted by atomic mass is 9.96. The van der Waals surface area contributed by atoms with Crippen molar-refractivity contribution >= 4 is 29.2 Å². The maximum atomic E-state index is 13.9. The molecule has 2 aromatic rings. The van der Waals surface area contributed by atoms with Gasteiger partial charge in [-0.05, 0) is 30.0 Å². The molecule has 0 spiro atoms. The molecule has 1 N–H and O–H groups in total. The summed E-state index contributed by atoms with van der Waals surface area (Å²) in [6.07, 6.45) is 1.67. The second-order valence-corrected chi connectivity index (χ2v) is 10.8. The van der Waals surface area contributed by atoms with Crippen LogP contribution in [-0.2, 0) is 9.59 Å². The van der Waals surface area contributed by atoms with E-state index in [-0.39, 0.29) is 23.7 Å². The minimum absolute atomic E-state index is 0.0982. The average molecular weight is 527 g/mol. The van der Waals surface area contributed by atoms with E-state index >= 15 is 0 Å². The first-order valence-electron chi connectivity index (χ1n) is 13.1. The van der Waals surface area contributed by atoms with Gasteiger partial charge in [0.2, 0.25) is 11.8 Å². The summed E-state index contributed by atoms with van der Waals surface area (Å²) in [5, 5.41) is 11.0. The SMILES string of the molecule is CC(=O)N1CCN(C[C@@H](C(=O)N2CCN(c3ncnc4c3[C@H](C)C[C@H]4O)CC2)c2ccc(Cl)cc2)CC1. The molecule has 9 nitrogen and oxygen atoms in total. The van der Waals surface area contributed by atoms with E-state index in [0.717, 1.165) is 35.7 Å². The molecule has 0 saturated carbocycles. The monoisotopic (exact) mass is 526 g/mol. The van der Waals surface area contributed by atoms with Gasteiger partial charge in [0.15, 0.2) is 0 Å². The van der Waals surface area contributed by atoms with Crippen LogP contribution in [0.15, 0.2) is 30.6 Å². The number of amides is 2. The van der Waals surface area contributed by atoms with Crippen LogP contribution in [-0.4, -0.2) is 100 Å². The van der Waals surface area contributed by atoms with E-state index in [9.17, 15) is 14.7 Å². The molecule has 3 atom stereocenters. The van der Waals surface area contributed by atoms with Gasteiger partial charge < -0.3 is 19.8 Å². The molecule has 2 saturated heterocycles. The minimum atomic E-state index is -0.535. The molecule has 1 aromatic carbocycles. The number of benzene rings is 1. The van der Waals surface area contributed by atoms with Crippen LogP contribution >= 0.6 is 11.6 Å². The highest BCUT2D eigenvalue weighted by Gasteiger charge is 2.35. The fourth-order valence-corrected chi connectivity index (χ4v) is 5.96. The Morgan fingerprint density at radius 2 is 1.65 bits per heavy atom. The Morgan fingerprint density at radius 3 is 2.30 bits per heavy atom. The van der Waals surface area contributed by atoms with Crippen molar-refractivity contribution in [1.82, 2.24) is 24.7 Å². The van der Waals surface area contributed by atoms with Crippen LogP contribution in [0.5, 0.6) is 0 Å². The number of hydrogen-bond acceptors (Lipinski definition) is 7. The molecule has 0 bridgehead atoms. The molecule has 1 aromatic heterocycles. The first-order chi connectivity index (χ1) is 17.8. The molecule has 5 rings (SSSR count). The van der Waals surface area contributed by atoms with E-state index in [1.165, 1.54) is 6.33 Å². The maximum Gasteiger partial charge on any atom is 0.231 e. The lowest BCUT2D eigenvalue weighted by Gasteiger charge is -2.40. The number of aromatic nitrogens is 2. The third kappa shape index (κ3) is 5.44. The predicted molar refractivity (Wildman–Crippen MR) is 142 cm³/mol. The third-order valence-electron chi connectivity index (χ3n) is 8.00. The first-order valence-corrected chi connectivity index (χ1v) is 13.5. The van der Waals surface area contributed by atoms with Crippen molar-refractivity contribution < 1.29 is 14.7 Å². The summed E-state index contributed by atoms with van der Waals surface area (Å²) < 4.78 is 0. The van der Waals surface area contributed by atoms with Crippen LogP contribution in [0.2, 0.25) is 5.02 Å². The van der Waals surface area contributed by atoms with E-state index in [4.69, 9.17) is 11.6 Å². The van der Waals surface area contributed by atoms with E-state index in [1.54, 1.807) is 6.92 Å². The number of carbonyl (C=O) groups excluding carboxylic acids is 2. The molecule has 2 amide bonds. The summed E-state index contributed by atoms with van der Waals surface area (Å²) in [6.45, 7) is 9.79. The molecule has 198 valence electrons. The van der Waals surface area contributed by atoms with Crippen molar-refractivity contribution in [3.63, 3.8) is 0 Å². The molecular formula is C27H35ClN6O3. The van der Waals surface area contributed by atoms with Gasteiger partial charge in [0.1, 0.15) is 12.1 Å². The van der Waals surface area contributed by atoms with Crippen molar-refractivity contribution in [3.05, 3.63) is 52.4 Å². The smallest absolute Gasteiger partial charge is 0.231 e. The number of nitrogens with zero attached hydrogens (tertiary/aromatic N) is 6. The summed E-state index contributed by atoms with van der Waals surface area (Å²) in [4.78, 5) is 42.8. The van der Waals surface area contributed by atoms with Crippen molar-refractivity contribution in [2.75, 3.05) is 63.8 Å². The molecule has 2 fully saturated rings. The molecule has 2 aliphatic heterocycles. The van der Waals surface area contributed by atoms with E-state index in [0.29, 0.717) is 57.3 Å². The number of aliphatic hydroxyl groups excluding tert-OH is 1. The highest BCUT2D eigenvalue weighted by molar-refractivity contribution is 6.30. The Hall–Kier alpha value is -2.75. The summed E-state index contributed by atoms with van der Waals surface area (Å²) in [5.74, 6) is 1.01. The number of hydrogen-bond donors (Lipinski definition) is 1. The van der Waals surface area contributed by atoms with Gasteiger partial charge in [-0.1, -0.05) is 30.7 Å². The largest absolute Gasteiger partial charge is 0.387 e. The molecule has 0 radical (unpaired) electrons. The second kappa shape index (κ2) is 10.9. The maximum absolute atomic E-state index is 13.9. The predicted octanol–water partition coefficient (Wildman–Crippen LogP) is 2.27. The van der Waals surface area contributed by atoms with Crippen LogP contribution in [0.3, 0.4) is 0 Å². The Bertz CT molecular complexity index is 1130. The van der Waals surface area contributed by atoms with Crippen LogP contribution in [0.4, 0.5) is 5.82 Å². The zero-order valence-corrected chi connectivity index (χ0v) is 22.3. The summed E-state index contributed by atoms with van der Waals surface area (Å²) in [5.41, 5.74) is 2.74. The quantitative estimate of drug-likeness (QED) is 0.639. The molecule has 3 aliphatic rings. The summed E-state index contributed by atoms with van der Waals surface area (Å²) in [7, 11) is 0. The van der Waals surface area contributed by atoms with Gasteiger partial charge in [0.05, 0.1) is 17.7 Å². The Labute approximate surface area is 223 Å². The minimum Gasteiger partial charge on any atom is -0.387 e. The molecule has 10 heteroatoms. The lowest BCUT2D eigenvalue weighted by Crippen LogP contribution is -2.53. The molecular weight excluding hydrogens is 492 g/mol. The van der Waals surface area contributed by atoms with E-state index in [1.807, 2.05) is 34.1 Å².